The summed E-state index contributed by atoms with van der Waals surface area (Å²) >= 11 is 0. The number of piperidine rings is 1. The van der Waals surface area contributed by atoms with E-state index >= 15 is 0 Å². The van der Waals surface area contributed by atoms with E-state index in [2.05, 4.69) is 66.0 Å². The number of hydrogen-bond acceptors (Lipinski definition) is 11. The number of rotatable bonds is 13. The standard InChI is InChI=1S/C48H56N8O6S/c1-31-9-11-32(12-10-31)26-50-46-43(56(58)59)25-37(28-52-46)63(60,61)53-47(57)41-16-15-35(24-44(41)62-36-23-34-17-20-49-45(34)51-27-36)54-21-18-48(19-22-54)29-55(30-48)42-8-4-7-40(42)39-6-3-2-5-38(39)33-13-14-33/h2-3,5-6,15-17,20,23-25,27-28,31-33,40,42H,4,7-14,18-19,21-22,26,29-30H2,1H3,(H,49,51)(H,50,52)(H,53,57)/t31?,32?,40-,42-/m0/s1. The molecule has 0 bridgehead atoms. The zero-order valence-corrected chi connectivity index (χ0v) is 36.6. The minimum Gasteiger partial charge on any atom is -0.455 e. The number of amides is 1. The van der Waals surface area contributed by atoms with Crippen molar-refractivity contribution in [3.05, 3.63) is 106 Å². The van der Waals surface area contributed by atoms with E-state index in [4.69, 9.17) is 4.74 Å². The van der Waals surface area contributed by atoms with Crippen LogP contribution in [0.4, 0.5) is 17.2 Å². The smallest absolute Gasteiger partial charge is 0.312 e. The first kappa shape index (κ1) is 41.5. The number of aromatic nitrogens is 3. The van der Waals surface area contributed by atoms with Gasteiger partial charge in [0.05, 0.1) is 22.9 Å². The highest BCUT2D eigenvalue weighted by molar-refractivity contribution is 7.90. The van der Waals surface area contributed by atoms with E-state index in [-0.39, 0.29) is 22.5 Å². The normalized spacial score (nSPS) is 23.7. The predicted octanol–water partition coefficient (Wildman–Crippen LogP) is 9.13. The van der Waals surface area contributed by atoms with Gasteiger partial charge in [-0.15, -0.1) is 0 Å². The van der Waals surface area contributed by atoms with E-state index < -0.39 is 31.4 Å². The van der Waals surface area contributed by atoms with Crippen molar-refractivity contribution in [1.82, 2.24) is 24.6 Å². The van der Waals surface area contributed by atoms with E-state index in [1.807, 2.05) is 12.1 Å². The highest BCUT2D eigenvalue weighted by Gasteiger charge is 2.49. The van der Waals surface area contributed by atoms with Gasteiger partial charge in [-0.2, -0.15) is 0 Å². The molecule has 2 saturated heterocycles. The number of nitrogens with one attached hydrogen (secondary N) is 3. The Morgan fingerprint density at radius 2 is 1.71 bits per heavy atom. The lowest BCUT2D eigenvalue weighted by atomic mass is 9.70. The molecule has 5 heterocycles. The summed E-state index contributed by atoms with van der Waals surface area (Å²) in [4.78, 5) is 41.6. The first-order valence-corrected chi connectivity index (χ1v) is 24.3. The number of sulfonamides is 1. The molecule has 3 saturated carbocycles. The monoisotopic (exact) mass is 872 g/mol. The van der Waals surface area contributed by atoms with E-state index in [1.165, 1.54) is 32.1 Å². The fourth-order valence-electron chi connectivity index (χ4n) is 10.9. The Kier molecular flexibility index (Phi) is 11.1. The molecule has 3 aromatic heterocycles. The number of carbonyl (C=O) groups is 1. The van der Waals surface area contributed by atoms with Crippen LogP contribution in [0.15, 0.2) is 84.1 Å². The molecular formula is C48H56N8O6S. The second-order valence-corrected chi connectivity index (χ2v) is 20.7. The molecular weight excluding hydrogens is 817 g/mol. The SMILES string of the molecule is CC1CCC(CNc2ncc(S(=O)(=O)NC(=O)c3ccc(N4CCC5(CC4)CN([C@H]4CCC[C@H]4c4ccccc4C4CC4)C5)cc3Oc3cnc4[nH]ccc4c3)cc2[N+](=O)[O-])CC1. The van der Waals surface area contributed by atoms with Gasteiger partial charge < -0.3 is 19.9 Å². The van der Waals surface area contributed by atoms with Crippen molar-refractivity contribution in [3.8, 4) is 11.5 Å². The minimum absolute atomic E-state index is 0.00538. The molecule has 0 radical (unpaired) electrons. The molecule has 15 heteroatoms. The first-order valence-electron chi connectivity index (χ1n) is 22.8. The Morgan fingerprint density at radius 1 is 0.937 bits per heavy atom. The van der Waals surface area contributed by atoms with E-state index in [9.17, 15) is 23.3 Å². The van der Waals surface area contributed by atoms with Gasteiger partial charge in [-0.3, -0.25) is 19.8 Å². The minimum atomic E-state index is -4.59. The van der Waals surface area contributed by atoms with Crippen LogP contribution in [0, 0.1) is 27.4 Å². The number of anilines is 2. The number of carbonyl (C=O) groups excluding carboxylic acids is 1. The zero-order valence-electron chi connectivity index (χ0n) is 35.8. The summed E-state index contributed by atoms with van der Waals surface area (Å²) in [6.45, 7) is 6.67. The average Bonchev–Trinajstić information content (AvgIpc) is 3.82. The first-order chi connectivity index (χ1) is 30.5. The van der Waals surface area contributed by atoms with Crippen molar-refractivity contribution in [2.75, 3.05) is 42.9 Å². The van der Waals surface area contributed by atoms with Gasteiger partial charge >= 0.3 is 5.69 Å². The number of nitrogens with zero attached hydrogens (tertiary/aromatic N) is 5. The highest BCUT2D eigenvalue weighted by Crippen LogP contribution is 2.51. The molecule has 1 amide bonds. The third-order valence-electron chi connectivity index (χ3n) is 14.7. The largest absolute Gasteiger partial charge is 0.455 e. The van der Waals surface area contributed by atoms with E-state index in [0.717, 1.165) is 94.0 Å². The number of fused-ring (bicyclic) bond motifs is 1. The third kappa shape index (κ3) is 8.61. The number of aromatic amines is 1. The second kappa shape index (κ2) is 16.9. The molecule has 2 aromatic carbocycles. The second-order valence-electron chi connectivity index (χ2n) is 19.0. The van der Waals surface area contributed by atoms with Gasteiger partial charge in [0.1, 0.15) is 22.0 Å². The Morgan fingerprint density at radius 3 is 2.48 bits per heavy atom. The number of likely N-dealkylation sites (tertiary alicyclic amines) is 1. The van der Waals surface area contributed by atoms with Crippen LogP contribution in [0.2, 0.25) is 0 Å². The van der Waals surface area contributed by atoms with Gasteiger partial charge in [0, 0.05) is 68.2 Å². The lowest BCUT2D eigenvalue weighted by Crippen LogP contribution is -2.63. The molecule has 14 nitrogen and oxygen atoms in total. The number of pyridine rings is 2. The number of ether oxygens (including phenoxy) is 1. The molecule has 63 heavy (non-hydrogen) atoms. The molecule has 0 unspecified atom stereocenters. The van der Waals surface area contributed by atoms with Crippen molar-refractivity contribution in [1.29, 1.82) is 0 Å². The molecule has 5 fully saturated rings. The van der Waals surface area contributed by atoms with Crippen molar-refractivity contribution in [2.24, 2.45) is 17.3 Å². The number of hydrogen-bond donors (Lipinski definition) is 3. The Bertz CT molecular complexity index is 2620. The highest BCUT2D eigenvalue weighted by atomic mass is 32.2. The lowest BCUT2D eigenvalue weighted by molar-refractivity contribution is -0.384. The van der Waals surface area contributed by atoms with Crippen LogP contribution in [-0.4, -0.2) is 77.9 Å². The molecule has 1 spiro atoms. The van der Waals surface area contributed by atoms with Gasteiger partial charge in [0.25, 0.3) is 15.9 Å². The summed E-state index contributed by atoms with van der Waals surface area (Å²) in [5, 5.41) is 16.0. The van der Waals surface area contributed by atoms with Crippen molar-refractivity contribution in [2.45, 2.75) is 100 Å². The molecule has 5 aliphatic rings. The molecule has 5 aromatic rings. The van der Waals surface area contributed by atoms with Crippen LogP contribution >= 0.6 is 0 Å². The van der Waals surface area contributed by atoms with Crippen LogP contribution in [0.3, 0.4) is 0 Å². The summed E-state index contributed by atoms with van der Waals surface area (Å²) in [5.74, 6) is 1.97. The maximum absolute atomic E-state index is 14.0. The quantitative estimate of drug-likeness (QED) is 0.0760. The third-order valence-corrected chi connectivity index (χ3v) is 16.0. The predicted molar refractivity (Wildman–Crippen MR) is 242 cm³/mol. The molecule has 2 aliphatic heterocycles. The van der Waals surface area contributed by atoms with Gasteiger partial charge in [0.2, 0.25) is 5.82 Å². The van der Waals surface area contributed by atoms with E-state index in [0.29, 0.717) is 41.7 Å². The average molecular weight is 873 g/mol. The summed E-state index contributed by atoms with van der Waals surface area (Å²) in [7, 11) is -4.59. The Balaban J connectivity index is 0.836. The Labute approximate surface area is 368 Å². The molecule has 3 aliphatic carbocycles. The van der Waals surface area contributed by atoms with Crippen LogP contribution < -0.4 is 19.7 Å². The van der Waals surface area contributed by atoms with Gasteiger partial charge in [-0.05, 0) is 116 Å². The fourth-order valence-corrected chi connectivity index (χ4v) is 11.8. The summed E-state index contributed by atoms with van der Waals surface area (Å²) in [5.41, 5.74) is 4.52. The maximum Gasteiger partial charge on any atom is 0.312 e. The fraction of sp³-hybridized carbons (Fsp3) is 0.479. The zero-order chi connectivity index (χ0) is 43.3. The molecule has 2 atom stereocenters. The molecule has 330 valence electrons. The maximum atomic E-state index is 14.0. The van der Waals surface area contributed by atoms with Crippen LogP contribution in [-0.2, 0) is 10.0 Å². The van der Waals surface area contributed by atoms with Gasteiger partial charge in [-0.1, -0.05) is 50.5 Å². The summed E-state index contributed by atoms with van der Waals surface area (Å²) in [6.07, 6.45) is 17.2. The number of nitro groups is 1. The van der Waals surface area contributed by atoms with E-state index in [1.54, 1.807) is 41.7 Å². The molecule has 10 rings (SSSR count). The Hall–Kier alpha value is -5.54. The van der Waals surface area contributed by atoms with Crippen LogP contribution in [0.5, 0.6) is 11.5 Å². The van der Waals surface area contributed by atoms with Crippen LogP contribution in [0.1, 0.15) is 111 Å². The summed E-state index contributed by atoms with van der Waals surface area (Å²) in [6, 6.07) is 19.6. The van der Waals surface area contributed by atoms with Gasteiger partial charge in [0.15, 0.2) is 0 Å². The van der Waals surface area contributed by atoms with Crippen molar-refractivity contribution in [3.63, 3.8) is 0 Å². The van der Waals surface area contributed by atoms with Gasteiger partial charge in [-0.25, -0.2) is 23.1 Å². The summed E-state index contributed by atoms with van der Waals surface area (Å²) < 4.78 is 35.9. The number of H-pyrrole nitrogens is 1. The topological polar surface area (TPSA) is 176 Å². The van der Waals surface area contributed by atoms with Crippen molar-refractivity contribution >= 4 is 44.2 Å². The van der Waals surface area contributed by atoms with Crippen molar-refractivity contribution < 1.29 is 22.9 Å². The van der Waals surface area contributed by atoms with Crippen LogP contribution in [0.25, 0.3) is 11.0 Å². The lowest BCUT2D eigenvalue weighted by Gasteiger charge is -2.57. The number of benzene rings is 2. The molecule has 3 N–H and O–H groups in total.